The molecule has 24 heavy (non-hydrogen) atoms. The molecule has 2 heterocycles. The van der Waals surface area contributed by atoms with E-state index in [4.69, 9.17) is 9.47 Å². The van der Waals surface area contributed by atoms with Crippen LogP contribution < -0.4 is 14.4 Å². The maximum Gasteiger partial charge on any atom is 0.161 e. The predicted molar refractivity (Wildman–Crippen MR) is 93.8 cm³/mol. The van der Waals surface area contributed by atoms with Crippen LogP contribution in [0.3, 0.4) is 0 Å². The van der Waals surface area contributed by atoms with Gasteiger partial charge in [-0.25, -0.2) is 9.97 Å². The minimum absolute atomic E-state index is 0.769. The summed E-state index contributed by atoms with van der Waals surface area (Å²) in [5.74, 6) is 2.55. The molecule has 0 fully saturated rings. The van der Waals surface area contributed by atoms with E-state index in [2.05, 4.69) is 33.1 Å². The lowest BCUT2D eigenvalue weighted by Gasteiger charge is -2.31. The van der Waals surface area contributed by atoms with Crippen molar-refractivity contribution in [3.05, 3.63) is 53.9 Å². The fourth-order valence-electron chi connectivity index (χ4n) is 3.31. The van der Waals surface area contributed by atoms with Gasteiger partial charge in [-0.2, -0.15) is 0 Å². The summed E-state index contributed by atoms with van der Waals surface area (Å²) >= 11 is 0. The van der Waals surface area contributed by atoms with Crippen LogP contribution >= 0.6 is 0 Å². The minimum Gasteiger partial charge on any atom is -0.493 e. The predicted octanol–water partition coefficient (Wildman–Crippen LogP) is 3.21. The van der Waals surface area contributed by atoms with Crippen molar-refractivity contribution in [1.82, 2.24) is 9.97 Å². The van der Waals surface area contributed by atoms with Crippen LogP contribution in [0, 0.1) is 0 Å². The van der Waals surface area contributed by atoms with E-state index in [9.17, 15) is 0 Å². The number of ether oxygens (including phenoxy) is 2. The molecule has 0 aliphatic carbocycles. The lowest BCUT2D eigenvalue weighted by atomic mass is 9.98. The molecule has 0 radical (unpaired) electrons. The number of benzene rings is 2. The molecule has 122 valence electrons. The normalized spacial score (nSPS) is 13.7. The number of hydrogen-bond acceptors (Lipinski definition) is 5. The zero-order valence-corrected chi connectivity index (χ0v) is 13.8. The first-order valence-corrected chi connectivity index (χ1v) is 7.98. The second-order valence-corrected chi connectivity index (χ2v) is 5.86. The molecule has 0 unspecified atom stereocenters. The van der Waals surface area contributed by atoms with Crippen LogP contribution in [0.25, 0.3) is 10.9 Å². The first-order chi connectivity index (χ1) is 11.8. The number of methoxy groups -OCH3 is 2. The Morgan fingerprint density at radius 2 is 1.71 bits per heavy atom. The van der Waals surface area contributed by atoms with Gasteiger partial charge in [-0.15, -0.1) is 0 Å². The van der Waals surface area contributed by atoms with Gasteiger partial charge in [-0.05, 0) is 41.8 Å². The third-order valence-electron chi connectivity index (χ3n) is 4.54. The van der Waals surface area contributed by atoms with Crippen LogP contribution in [0.2, 0.25) is 0 Å². The van der Waals surface area contributed by atoms with E-state index in [0.717, 1.165) is 47.7 Å². The highest BCUT2D eigenvalue weighted by atomic mass is 16.5. The van der Waals surface area contributed by atoms with Crippen molar-refractivity contribution in [3.8, 4) is 11.5 Å². The van der Waals surface area contributed by atoms with Crippen molar-refractivity contribution in [2.45, 2.75) is 13.0 Å². The summed E-state index contributed by atoms with van der Waals surface area (Å²) in [7, 11) is 3.34. The third kappa shape index (κ3) is 2.42. The Hall–Kier alpha value is -2.82. The number of aromatic nitrogens is 2. The average Bonchev–Trinajstić information content (AvgIpc) is 2.66. The molecule has 3 aromatic rings. The van der Waals surface area contributed by atoms with Crippen molar-refractivity contribution >= 4 is 16.7 Å². The molecule has 0 bridgehead atoms. The molecule has 4 rings (SSSR count). The number of rotatable bonds is 3. The van der Waals surface area contributed by atoms with Crippen molar-refractivity contribution < 1.29 is 9.47 Å². The van der Waals surface area contributed by atoms with E-state index in [1.165, 1.54) is 11.1 Å². The maximum absolute atomic E-state index is 5.44. The Morgan fingerprint density at radius 1 is 0.958 bits per heavy atom. The summed E-state index contributed by atoms with van der Waals surface area (Å²) in [5, 5.41) is 1.09. The summed E-state index contributed by atoms with van der Waals surface area (Å²) in [6, 6.07) is 12.3. The molecule has 0 atom stereocenters. The van der Waals surface area contributed by atoms with E-state index in [-0.39, 0.29) is 0 Å². The smallest absolute Gasteiger partial charge is 0.161 e. The first kappa shape index (κ1) is 14.8. The molecule has 0 amide bonds. The molecule has 5 heteroatoms. The standard InChI is InChI=1S/C19H19N3O2/c1-23-17-9-13-7-8-22(11-14(13)10-18(17)24-2)19-15-5-3-4-6-16(15)20-12-21-19/h3-6,9-10,12H,7-8,11H2,1-2H3. The van der Waals surface area contributed by atoms with Crippen LogP contribution in [0.4, 0.5) is 5.82 Å². The number of hydrogen-bond donors (Lipinski definition) is 0. The molecule has 1 aromatic heterocycles. The van der Waals surface area contributed by atoms with Gasteiger partial charge in [-0.1, -0.05) is 12.1 Å². The van der Waals surface area contributed by atoms with Crippen molar-refractivity contribution in [2.24, 2.45) is 0 Å². The molecule has 5 nitrogen and oxygen atoms in total. The van der Waals surface area contributed by atoms with E-state index in [1.807, 2.05) is 18.2 Å². The SMILES string of the molecule is COc1cc2c(cc1OC)CN(c1ncnc3ccccc13)CC2. The highest BCUT2D eigenvalue weighted by Crippen LogP contribution is 2.35. The van der Waals surface area contributed by atoms with Gasteiger partial charge in [-0.3, -0.25) is 0 Å². The van der Waals surface area contributed by atoms with Crippen molar-refractivity contribution in [1.29, 1.82) is 0 Å². The lowest BCUT2D eigenvalue weighted by Crippen LogP contribution is -2.31. The summed E-state index contributed by atoms with van der Waals surface area (Å²) in [6.45, 7) is 1.72. The first-order valence-electron chi connectivity index (χ1n) is 7.98. The van der Waals surface area contributed by atoms with Crippen LogP contribution in [-0.2, 0) is 13.0 Å². The number of nitrogens with zero attached hydrogens (tertiary/aromatic N) is 3. The Balaban J connectivity index is 1.73. The van der Waals surface area contributed by atoms with Crippen LogP contribution in [0.15, 0.2) is 42.7 Å². The second-order valence-electron chi connectivity index (χ2n) is 5.86. The molecule has 0 saturated heterocycles. The van der Waals surface area contributed by atoms with Crippen molar-refractivity contribution in [3.63, 3.8) is 0 Å². The Morgan fingerprint density at radius 3 is 2.50 bits per heavy atom. The second kappa shape index (κ2) is 6.00. The molecular formula is C19H19N3O2. The van der Waals surface area contributed by atoms with Gasteiger partial charge in [0.2, 0.25) is 0 Å². The van der Waals surface area contributed by atoms with Crippen LogP contribution in [0.5, 0.6) is 11.5 Å². The van der Waals surface area contributed by atoms with Gasteiger partial charge >= 0.3 is 0 Å². The van der Waals surface area contributed by atoms with Gasteiger partial charge < -0.3 is 14.4 Å². The molecule has 0 saturated carbocycles. The summed E-state index contributed by atoms with van der Waals surface area (Å²) in [5.41, 5.74) is 3.53. The van der Waals surface area contributed by atoms with Crippen LogP contribution in [-0.4, -0.2) is 30.7 Å². The highest BCUT2D eigenvalue weighted by molar-refractivity contribution is 5.89. The van der Waals surface area contributed by atoms with Gasteiger partial charge in [0.15, 0.2) is 11.5 Å². The van der Waals surface area contributed by atoms with Crippen molar-refractivity contribution in [2.75, 3.05) is 25.7 Å². The van der Waals surface area contributed by atoms with Gasteiger partial charge in [0.1, 0.15) is 12.1 Å². The van der Waals surface area contributed by atoms with Gasteiger partial charge in [0.25, 0.3) is 0 Å². The fraction of sp³-hybridized carbons (Fsp3) is 0.263. The average molecular weight is 321 g/mol. The molecule has 0 N–H and O–H groups in total. The zero-order valence-electron chi connectivity index (χ0n) is 13.8. The monoisotopic (exact) mass is 321 g/mol. The van der Waals surface area contributed by atoms with Crippen LogP contribution in [0.1, 0.15) is 11.1 Å². The Labute approximate surface area is 140 Å². The summed E-state index contributed by atoms with van der Waals surface area (Å²) in [4.78, 5) is 11.2. The van der Waals surface area contributed by atoms with E-state index in [0.29, 0.717) is 0 Å². The Kier molecular flexibility index (Phi) is 3.69. The van der Waals surface area contributed by atoms with E-state index in [1.54, 1.807) is 20.5 Å². The lowest BCUT2D eigenvalue weighted by molar-refractivity contribution is 0.353. The minimum atomic E-state index is 0.769. The molecule has 2 aromatic carbocycles. The Bertz CT molecular complexity index is 890. The maximum atomic E-state index is 5.44. The largest absolute Gasteiger partial charge is 0.493 e. The van der Waals surface area contributed by atoms with E-state index >= 15 is 0 Å². The quantitative estimate of drug-likeness (QED) is 0.741. The number of para-hydroxylation sites is 1. The molecule has 0 spiro atoms. The molecule has 1 aliphatic rings. The van der Waals surface area contributed by atoms with E-state index < -0.39 is 0 Å². The molecule has 1 aliphatic heterocycles. The third-order valence-corrected chi connectivity index (χ3v) is 4.54. The summed E-state index contributed by atoms with van der Waals surface area (Å²) in [6.07, 6.45) is 2.59. The summed E-state index contributed by atoms with van der Waals surface area (Å²) < 4.78 is 10.9. The highest BCUT2D eigenvalue weighted by Gasteiger charge is 2.21. The molecular weight excluding hydrogens is 302 g/mol. The fourth-order valence-corrected chi connectivity index (χ4v) is 3.31. The topological polar surface area (TPSA) is 47.5 Å². The number of fused-ring (bicyclic) bond motifs is 2. The van der Waals surface area contributed by atoms with Gasteiger partial charge in [0, 0.05) is 18.5 Å². The van der Waals surface area contributed by atoms with Gasteiger partial charge in [0.05, 0.1) is 19.7 Å². The zero-order chi connectivity index (χ0) is 16.5. The number of anilines is 1.